The molecule has 0 saturated heterocycles. The van der Waals surface area contributed by atoms with Crippen LogP contribution in [0.15, 0.2) is 72.8 Å². The van der Waals surface area contributed by atoms with Crippen LogP contribution in [-0.2, 0) is 0 Å². The van der Waals surface area contributed by atoms with Gasteiger partial charge in [0.05, 0.1) is 6.61 Å². The summed E-state index contributed by atoms with van der Waals surface area (Å²) in [6.45, 7) is 4.38. The van der Waals surface area contributed by atoms with E-state index in [2.05, 4.69) is 10.6 Å². The summed E-state index contributed by atoms with van der Waals surface area (Å²) in [4.78, 5) is 24.7. The fourth-order valence-corrected chi connectivity index (χ4v) is 2.74. The molecule has 0 atom stereocenters. The van der Waals surface area contributed by atoms with E-state index in [-0.39, 0.29) is 11.8 Å². The van der Waals surface area contributed by atoms with Crippen LogP contribution in [-0.4, -0.2) is 18.4 Å². The predicted molar refractivity (Wildman–Crippen MR) is 111 cm³/mol. The molecular weight excluding hydrogens is 352 g/mol. The van der Waals surface area contributed by atoms with Crippen molar-refractivity contribution in [2.75, 3.05) is 17.2 Å². The molecule has 0 heterocycles. The first kappa shape index (κ1) is 19.2. The Morgan fingerprint density at radius 2 is 1.46 bits per heavy atom. The van der Waals surface area contributed by atoms with Crippen molar-refractivity contribution in [2.24, 2.45) is 0 Å². The minimum atomic E-state index is -0.205. The molecule has 0 fully saturated rings. The van der Waals surface area contributed by atoms with E-state index in [1.54, 1.807) is 48.5 Å². The van der Waals surface area contributed by atoms with Gasteiger partial charge >= 0.3 is 0 Å². The highest BCUT2D eigenvalue weighted by Crippen LogP contribution is 2.21. The molecule has 0 aliphatic rings. The molecule has 0 aliphatic heterocycles. The Kier molecular flexibility index (Phi) is 6.07. The van der Waals surface area contributed by atoms with Gasteiger partial charge in [0.1, 0.15) is 5.75 Å². The second-order valence-electron chi connectivity index (χ2n) is 6.26. The van der Waals surface area contributed by atoms with Crippen molar-refractivity contribution in [3.8, 4) is 5.75 Å². The van der Waals surface area contributed by atoms with Gasteiger partial charge < -0.3 is 15.4 Å². The Labute approximate surface area is 164 Å². The van der Waals surface area contributed by atoms with Crippen molar-refractivity contribution in [3.05, 3.63) is 89.5 Å². The average molecular weight is 374 g/mol. The van der Waals surface area contributed by atoms with Crippen LogP contribution in [0.2, 0.25) is 0 Å². The van der Waals surface area contributed by atoms with Gasteiger partial charge in [-0.15, -0.1) is 0 Å². The summed E-state index contributed by atoms with van der Waals surface area (Å²) >= 11 is 0. The van der Waals surface area contributed by atoms with Crippen LogP contribution in [0.5, 0.6) is 5.75 Å². The molecule has 3 rings (SSSR count). The highest BCUT2D eigenvalue weighted by atomic mass is 16.5. The number of ether oxygens (including phenoxy) is 1. The quantitative estimate of drug-likeness (QED) is 0.645. The van der Waals surface area contributed by atoms with E-state index in [0.29, 0.717) is 29.1 Å². The smallest absolute Gasteiger partial charge is 0.255 e. The fraction of sp³-hybridized carbons (Fsp3) is 0.130. The second kappa shape index (κ2) is 8.86. The Hall–Kier alpha value is -3.60. The average Bonchev–Trinajstić information content (AvgIpc) is 2.71. The third-order valence-corrected chi connectivity index (χ3v) is 4.20. The molecule has 2 amide bonds. The van der Waals surface area contributed by atoms with Crippen LogP contribution in [0.1, 0.15) is 33.2 Å². The number of hydrogen-bond donors (Lipinski definition) is 2. The number of carbonyl (C=O) groups excluding carboxylic acids is 2. The Balaban J connectivity index is 1.66. The van der Waals surface area contributed by atoms with Crippen LogP contribution in [0.3, 0.4) is 0 Å². The van der Waals surface area contributed by atoms with E-state index in [4.69, 9.17) is 4.74 Å². The Bertz CT molecular complexity index is 967. The zero-order valence-corrected chi connectivity index (χ0v) is 15.9. The van der Waals surface area contributed by atoms with Crippen molar-refractivity contribution < 1.29 is 14.3 Å². The second-order valence-corrected chi connectivity index (χ2v) is 6.26. The number of amides is 2. The van der Waals surface area contributed by atoms with Crippen LogP contribution in [0, 0.1) is 6.92 Å². The van der Waals surface area contributed by atoms with Gasteiger partial charge in [0.2, 0.25) is 0 Å². The van der Waals surface area contributed by atoms with Crippen LogP contribution in [0.25, 0.3) is 0 Å². The number of hydrogen-bond acceptors (Lipinski definition) is 3. The van der Waals surface area contributed by atoms with E-state index in [1.807, 2.05) is 38.1 Å². The highest BCUT2D eigenvalue weighted by Gasteiger charge is 2.10. The minimum absolute atomic E-state index is 0.171. The van der Waals surface area contributed by atoms with Crippen LogP contribution >= 0.6 is 0 Å². The molecular formula is C23H22N2O3. The number of aryl methyl sites for hydroxylation is 1. The summed E-state index contributed by atoms with van der Waals surface area (Å²) in [7, 11) is 0. The lowest BCUT2D eigenvalue weighted by atomic mass is 10.1. The van der Waals surface area contributed by atoms with Crippen molar-refractivity contribution in [1.82, 2.24) is 0 Å². The summed E-state index contributed by atoms with van der Waals surface area (Å²) < 4.78 is 5.39. The monoisotopic (exact) mass is 374 g/mol. The van der Waals surface area contributed by atoms with Gasteiger partial charge in [0.25, 0.3) is 11.8 Å². The van der Waals surface area contributed by atoms with Gasteiger partial charge in [0, 0.05) is 22.5 Å². The zero-order valence-electron chi connectivity index (χ0n) is 15.9. The molecule has 142 valence electrons. The molecule has 5 heteroatoms. The molecule has 0 aromatic heterocycles. The molecule has 0 aliphatic carbocycles. The van der Waals surface area contributed by atoms with Gasteiger partial charge in [0.15, 0.2) is 0 Å². The van der Waals surface area contributed by atoms with Gasteiger partial charge in [-0.3, -0.25) is 9.59 Å². The van der Waals surface area contributed by atoms with E-state index in [9.17, 15) is 9.59 Å². The maximum absolute atomic E-state index is 12.4. The van der Waals surface area contributed by atoms with Crippen LogP contribution < -0.4 is 15.4 Å². The minimum Gasteiger partial charge on any atom is -0.494 e. The van der Waals surface area contributed by atoms with Gasteiger partial charge in [-0.05, 0) is 74.0 Å². The summed E-state index contributed by atoms with van der Waals surface area (Å²) in [5, 5.41) is 5.76. The molecule has 0 saturated carbocycles. The first-order valence-corrected chi connectivity index (χ1v) is 9.08. The lowest BCUT2D eigenvalue weighted by Crippen LogP contribution is -2.14. The third kappa shape index (κ3) is 4.76. The molecule has 3 aromatic rings. The van der Waals surface area contributed by atoms with Gasteiger partial charge in [-0.25, -0.2) is 0 Å². The van der Waals surface area contributed by atoms with Crippen molar-refractivity contribution >= 4 is 23.2 Å². The SMILES string of the molecule is CCOc1ccc(C(=O)Nc2ccc(NC(=O)c3ccccc3)c(C)c2)cc1. The van der Waals surface area contributed by atoms with Gasteiger partial charge in [-0.1, -0.05) is 18.2 Å². The topological polar surface area (TPSA) is 67.4 Å². The molecule has 0 spiro atoms. The molecule has 2 N–H and O–H groups in total. The van der Waals surface area contributed by atoms with Crippen molar-refractivity contribution in [3.63, 3.8) is 0 Å². The number of carbonyl (C=O) groups is 2. The summed E-state index contributed by atoms with van der Waals surface area (Å²) in [6, 6.07) is 21.4. The van der Waals surface area contributed by atoms with Crippen molar-refractivity contribution in [1.29, 1.82) is 0 Å². The third-order valence-electron chi connectivity index (χ3n) is 4.20. The van der Waals surface area contributed by atoms with Crippen molar-refractivity contribution in [2.45, 2.75) is 13.8 Å². The number of rotatable bonds is 6. The summed E-state index contributed by atoms with van der Waals surface area (Å²) in [6.07, 6.45) is 0. The van der Waals surface area contributed by atoms with E-state index < -0.39 is 0 Å². The van der Waals surface area contributed by atoms with E-state index in [1.165, 1.54) is 0 Å². The lowest BCUT2D eigenvalue weighted by Gasteiger charge is -2.11. The fourth-order valence-electron chi connectivity index (χ4n) is 2.74. The number of benzene rings is 3. The zero-order chi connectivity index (χ0) is 19.9. The molecule has 0 radical (unpaired) electrons. The lowest BCUT2D eigenvalue weighted by molar-refractivity contribution is 0.101. The molecule has 0 unspecified atom stereocenters. The normalized spacial score (nSPS) is 10.2. The van der Waals surface area contributed by atoms with E-state index >= 15 is 0 Å². The Morgan fingerprint density at radius 3 is 2.11 bits per heavy atom. The Morgan fingerprint density at radius 1 is 0.821 bits per heavy atom. The highest BCUT2D eigenvalue weighted by molar-refractivity contribution is 6.06. The van der Waals surface area contributed by atoms with Crippen LogP contribution in [0.4, 0.5) is 11.4 Å². The van der Waals surface area contributed by atoms with E-state index in [0.717, 1.165) is 11.3 Å². The maximum Gasteiger partial charge on any atom is 0.255 e. The largest absolute Gasteiger partial charge is 0.494 e. The standard InChI is InChI=1S/C23H22N2O3/c1-3-28-20-12-9-18(10-13-20)22(26)24-19-11-14-21(16(2)15-19)25-23(27)17-7-5-4-6-8-17/h4-15H,3H2,1-2H3,(H,24,26)(H,25,27). The number of nitrogens with one attached hydrogen (secondary N) is 2. The van der Waals surface area contributed by atoms with Gasteiger partial charge in [-0.2, -0.15) is 0 Å². The first-order chi connectivity index (χ1) is 13.6. The molecule has 3 aromatic carbocycles. The first-order valence-electron chi connectivity index (χ1n) is 9.08. The summed E-state index contributed by atoms with van der Waals surface area (Å²) in [5.74, 6) is 0.354. The molecule has 28 heavy (non-hydrogen) atoms. The maximum atomic E-state index is 12.4. The summed E-state index contributed by atoms with van der Waals surface area (Å²) in [5.41, 5.74) is 3.35. The molecule has 5 nitrogen and oxygen atoms in total. The molecule has 0 bridgehead atoms. The predicted octanol–water partition coefficient (Wildman–Crippen LogP) is 4.90. The number of anilines is 2.